The number of pyridine rings is 4. The maximum atomic E-state index is 9.64. The van der Waals surface area contributed by atoms with Crippen LogP contribution in [0, 0.1) is 0 Å². The minimum Gasteiger partial charge on any atom is -0.481 e. The molecule has 10 aromatic rings. The van der Waals surface area contributed by atoms with Gasteiger partial charge in [-0.05, 0) is 70.8 Å². The highest BCUT2D eigenvalue weighted by molar-refractivity contribution is 5.82. The molecule has 6 aromatic heterocycles. The summed E-state index contributed by atoms with van der Waals surface area (Å²) in [5.41, 5.74) is 12.4. The van der Waals surface area contributed by atoms with Crippen LogP contribution in [0.5, 0.6) is 11.8 Å². The lowest BCUT2D eigenvalue weighted by Gasteiger charge is -2.08. The normalized spacial score (nSPS) is 10.7. The predicted octanol–water partition coefficient (Wildman–Crippen LogP) is 10.5. The molecule has 68 heavy (non-hydrogen) atoms. The Balaban J connectivity index is 0.000000159. The zero-order valence-corrected chi connectivity index (χ0v) is 37.3. The van der Waals surface area contributed by atoms with Crippen molar-refractivity contribution in [2.75, 3.05) is 0 Å². The second-order valence-corrected chi connectivity index (χ2v) is 15.5. The van der Waals surface area contributed by atoms with Gasteiger partial charge in [0.1, 0.15) is 24.6 Å². The number of hydrogen-bond acceptors (Lipinski definition) is 10. The smallest absolute Gasteiger partial charge is 0.303 e. The Kier molecular flexibility index (Phi) is 14.6. The third-order valence-electron chi connectivity index (χ3n) is 10.6. The standard InChI is InChI=1S/2C25H20N4O.C4H6O4/c2*1-29-16-22(19-12-14-26-15-13-19)25(28-29)21-8-6-18(7-9-21)17-30-24-11-10-20-4-2-3-5-23(20)27-24;5-3(6)1-2-4(7)8/h2*2-16H,17H2,1H3;1-2H2,(H,5,6)(H,7,8). The monoisotopic (exact) mass is 902 g/mol. The van der Waals surface area contributed by atoms with Gasteiger partial charge in [0.25, 0.3) is 0 Å². The van der Waals surface area contributed by atoms with Crippen LogP contribution in [0.1, 0.15) is 24.0 Å². The second kappa shape index (κ2) is 21.8. The van der Waals surface area contributed by atoms with E-state index in [1.54, 1.807) is 24.8 Å². The lowest BCUT2D eigenvalue weighted by Crippen LogP contribution is -2.00. The SMILES string of the molecule is Cn1cc(-c2ccncc2)c(-c2ccc(COc3ccc4ccccc4n3)cc2)n1.Cn1cc(-c2ccncc2)c(-c2ccc(COc3ccc4ccccc4n3)cc2)n1.O=C(O)CCC(=O)O. The summed E-state index contributed by atoms with van der Waals surface area (Å²) in [6, 6.07) is 48.5. The molecule has 0 aliphatic rings. The van der Waals surface area contributed by atoms with Crippen LogP contribution in [0.4, 0.5) is 0 Å². The van der Waals surface area contributed by atoms with E-state index in [0.717, 1.165) is 77.7 Å². The molecule has 2 N–H and O–H groups in total. The van der Waals surface area contributed by atoms with Gasteiger partial charge in [-0.1, -0.05) is 84.9 Å². The Morgan fingerprint density at radius 3 is 1.24 bits per heavy atom. The molecule has 0 amide bonds. The number of aromatic nitrogens is 8. The fourth-order valence-corrected chi connectivity index (χ4v) is 7.19. The Hall–Kier alpha value is -9.04. The summed E-state index contributed by atoms with van der Waals surface area (Å²) < 4.78 is 15.5. The van der Waals surface area contributed by atoms with E-state index in [1.165, 1.54) is 0 Å². The molecule has 338 valence electrons. The van der Waals surface area contributed by atoms with Crippen molar-refractivity contribution in [2.24, 2.45) is 14.1 Å². The third-order valence-corrected chi connectivity index (χ3v) is 10.6. The van der Waals surface area contributed by atoms with Crippen LogP contribution in [-0.4, -0.2) is 61.6 Å². The molecule has 0 saturated carbocycles. The summed E-state index contributed by atoms with van der Waals surface area (Å²) in [6.07, 6.45) is 10.7. The molecule has 14 nitrogen and oxygen atoms in total. The average molecular weight is 903 g/mol. The zero-order chi connectivity index (χ0) is 47.2. The van der Waals surface area contributed by atoms with Crippen LogP contribution in [0.3, 0.4) is 0 Å². The second-order valence-electron chi connectivity index (χ2n) is 15.5. The maximum Gasteiger partial charge on any atom is 0.303 e. The first-order valence-corrected chi connectivity index (χ1v) is 21.6. The number of carboxylic acid groups (broad SMARTS) is 2. The van der Waals surface area contributed by atoms with Crippen molar-refractivity contribution >= 4 is 33.7 Å². The number of rotatable bonds is 13. The molecule has 0 fully saturated rings. The van der Waals surface area contributed by atoms with E-state index in [0.29, 0.717) is 25.0 Å². The van der Waals surface area contributed by atoms with Crippen molar-refractivity contribution < 1.29 is 29.3 Å². The molecule has 0 saturated heterocycles. The highest BCUT2D eigenvalue weighted by Gasteiger charge is 2.14. The largest absolute Gasteiger partial charge is 0.481 e. The number of carboxylic acids is 2. The van der Waals surface area contributed by atoms with Gasteiger partial charge in [-0.25, -0.2) is 9.97 Å². The quantitative estimate of drug-likeness (QED) is 0.112. The number of ether oxygens (including phenoxy) is 2. The predicted molar refractivity (Wildman–Crippen MR) is 260 cm³/mol. The first-order valence-electron chi connectivity index (χ1n) is 21.6. The number of nitrogens with zero attached hydrogens (tertiary/aromatic N) is 8. The molecule has 0 aliphatic heterocycles. The number of carbonyl (C=O) groups is 2. The first-order chi connectivity index (χ1) is 33.1. The molecule has 4 aromatic carbocycles. The van der Waals surface area contributed by atoms with E-state index in [2.05, 4.69) is 78.7 Å². The van der Waals surface area contributed by atoms with E-state index in [1.807, 2.05) is 133 Å². The maximum absolute atomic E-state index is 9.64. The fraction of sp³-hybridized carbons (Fsp3) is 0.111. The van der Waals surface area contributed by atoms with Gasteiger partial charge in [0.05, 0.1) is 23.9 Å². The van der Waals surface area contributed by atoms with Gasteiger partial charge in [0, 0.05) is 96.4 Å². The van der Waals surface area contributed by atoms with Crippen LogP contribution in [0.15, 0.2) is 183 Å². The van der Waals surface area contributed by atoms with E-state index >= 15 is 0 Å². The average Bonchev–Trinajstić information content (AvgIpc) is 3.98. The topological polar surface area (TPSA) is 180 Å². The Bertz CT molecular complexity index is 3050. The lowest BCUT2D eigenvalue weighted by molar-refractivity contribution is -0.143. The van der Waals surface area contributed by atoms with Crippen molar-refractivity contribution in [3.05, 3.63) is 194 Å². The van der Waals surface area contributed by atoms with Crippen LogP contribution < -0.4 is 9.47 Å². The molecule has 0 spiro atoms. The number of para-hydroxylation sites is 2. The van der Waals surface area contributed by atoms with Crippen molar-refractivity contribution in [3.8, 4) is 56.5 Å². The zero-order valence-electron chi connectivity index (χ0n) is 37.3. The van der Waals surface area contributed by atoms with Crippen molar-refractivity contribution in [2.45, 2.75) is 26.1 Å². The first kappa shape index (κ1) is 45.5. The molecule has 0 radical (unpaired) electrons. The Morgan fingerprint density at radius 1 is 0.471 bits per heavy atom. The third kappa shape index (κ3) is 12.0. The summed E-state index contributed by atoms with van der Waals surface area (Å²) in [7, 11) is 3.87. The number of aryl methyl sites for hydroxylation is 2. The van der Waals surface area contributed by atoms with Gasteiger partial charge >= 0.3 is 11.9 Å². The van der Waals surface area contributed by atoms with Crippen LogP contribution >= 0.6 is 0 Å². The van der Waals surface area contributed by atoms with E-state index < -0.39 is 11.9 Å². The van der Waals surface area contributed by atoms with Gasteiger partial charge in [-0.3, -0.25) is 28.9 Å². The van der Waals surface area contributed by atoms with Gasteiger partial charge < -0.3 is 19.7 Å². The van der Waals surface area contributed by atoms with Gasteiger partial charge in [-0.15, -0.1) is 0 Å². The van der Waals surface area contributed by atoms with E-state index in [4.69, 9.17) is 19.7 Å². The van der Waals surface area contributed by atoms with Crippen LogP contribution in [0.2, 0.25) is 0 Å². The molecular weight excluding hydrogens is 857 g/mol. The summed E-state index contributed by atoms with van der Waals surface area (Å²) in [6.45, 7) is 0.927. The molecular formula is C54H46N8O6. The Labute approximate surface area is 391 Å². The molecule has 10 rings (SSSR count). The summed E-state index contributed by atoms with van der Waals surface area (Å²) in [5, 5.41) is 27.3. The van der Waals surface area contributed by atoms with E-state index in [9.17, 15) is 9.59 Å². The number of hydrogen-bond donors (Lipinski definition) is 2. The Morgan fingerprint density at radius 2 is 0.853 bits per heavy atom. The highest BCUT2D eigenvalue weighted by Crippen LogP contribution is 2.32. The van der Waals surface area contributed by atoms with Gasteiger partial charge in [0.15, 0.2) is 0 Å². The molecule has 6 heterocycles. The molecule has 0 aliphatic carbocycles. The summed E-state index contributed by atoms with van der Waals surface area (Å²) in [4.78, 5) is 36.6. The number of benzene rings is 4. The van der Waals surface area contributed by atoms with Crippen molar-refractivity contribution in [3.63, 3.8) is 0 Å². The van der Waals surface area contributed by atoms with Gasteiger partial charge in [0.2, 0.25) is 11.8 Å². The lowest BCUT2D eigenvalue weighted by atomic mass is 10.0. The van der Waals surface area contributed by atoms with E-state index in [-0.39, 0.29) is 12.8 Å². The van der Waals surface area contributed by atoms with Crippen molar-refractivity contribution in [1.82, 2.24) is 39.5 Å². The molecule has 0 bridgehead atoms. The minimum atomic E-state index is -1.08. The summed E-state index contributed by atoms with van der Waals surface area (Å²) in [5.74, 6) is -0.898. The van der Waals surface area contributed by atoms with Crippen LogP contribution in [-0.2, 0) is 36.9 Å². The highest BCUT2D eigenvalue weighted by atomic mass is 16.5. The molecule has 0 atom stereocenters. The molecule has 0 unspecified atom stereocenters. The number of aliphatic carboxylic acids is 2. The fourth-order valence-electron chi connectivity index (χ4n) is 7.19. The minimum absolute atomic E-state index is 0.296. The van der Waals surface area contributed by atoms with Gasteiger partial charge in [-0.2, -0.15) is 10.2 Å². The number of fused-ring (bicyclic) bond motifs is 2. The molecule has 14 heteroatoms. The van der Waals surface area contributed by atoms with Crippen molar-refractivity contribution in [1.29, 1.82) is 0 Å². The summed E-state index contributed by atoms with van der Waals surface area (Å²) >= 11 is 0. The van der Waals surface area contributed by atoms with Crippen LogP contribution in [0.25, 0.3) is 66.6 Å².